The summed E-state index contributed by atoms with van der Waals surface area (Å²) >= 11 is 0. The maximum Gasteiger partial charge on any atom is 0.270 e. The number of rotatable bonds is 5. The van der Waals surface area contributed by atoms with E-state index in [1.54, 1.807) is 30.1 Å². The highest BCUT2D eigenvalue weighted by Crippen LogP contribution is 2.27. The van der Waals surface area contributed by atoms with Crippen molar-refractivity contribution < 1.29 is 9.90 Å². The van der Waals surface area contributed by atoms with Crippen molar-refractivity contribution in [1.82, 2.24) is 34.8 Å². The minimum atomic E-state index is -0.383. The molecule has 0 aliphatic rings. The van der Waals surface area contributed by atoms with Gasteiger partial charge in [-0.1, -0.05) is 12.1 Å². The van der Waals surface area contributed by atoms with Crippen LogP contribution < -0.4 is 5.32 Å². The molecule has 1 amide bonds. The van der Waals surface area contributed by atoms with Gasteiger partial charge < -0.3 is 10.4 Å². The Morgan fingerprint density at radius 2 is 2.00 bits per heavy atom. The van der Waals surface area contributed by atoms with Gasteiger partial charge in [0.15, 0.2) is 5.82 Å². The Morgan fingerprint density at radius 3 is 2.70 bits per heavy atom. The second-order valence-corrected chi connectivity index (χ2v) is 7.36. The predicted molar refractivity (Wildman–Crippen MR) is 113 cm³/mol. The van der Waals surface area contributed by atoms with Crippen molar-refractivity contribution in [1.29, 1.82) is 0 Å². The van der Waals surface area contributed by atoms with Crippen molar-refractivity contribution in [3.63, 3.8) is 0 Å². The zero-order valence-corrected chi connectivity index (χ0v) is 17.3. The lowest BCUT2D eigenvalue weighted by atomic mass is 10.1. The lowest BCUT2D eigenvalue weighted by Gasteiger charge is -2.12. The normalized spacial score (nSPS) is 12.3. The fraction of sp³-hybridized carbons (Fsp3) is 0.286. The van der Waals surface area contributed by atoms with Crippen LogP contribution in [0.2, 0.25) is 0 Å². The summed E-state index contributed by atoms with van der Waals surface area (Å²) in [6.45, 7) is 3.54. The van der Waals surface area contributed by atoms with E-state index in [2.05, 4.69) is 25.5 Å². The van der Waals surface area contributed by atoms with Crippen molar-refractivity contribution in [3.05, 3.63) is 48.0 Å². The highest BCUT2D eigenvalue weighted by molar-refractivity contribution is 5.94. The predicted octanol–water partition coefficient (Wildman–Crippen LogP) is 1.85. The SMILES string of the molecule is Cc1nn(C)c2cc(-c3cc(C(=O)N[C@@H](C)CO)nc(-c4cnn(C)c4)n3)ccc12. The van der Waals surface area contributed by atoms with Crippen LogP contribution in [0.5, 0.6) is 0 Å². The van der Waals surface area contributed by atoms with E-state index in [0.29, 0.717) is 17.1 Å². The molecule has 0 spiro atoms. The number of aryl methyl sites for hydroxylation is 3. The fourth-order valence-corrected chi connectivity index (χ4v) is 3.32. The lowest BCUT2D eigenvalue weighted by molar-refractivity contribution is 0.0917. The van der Waals surface area contributed by atoms with Gasteiger partial charge in [0.05, 0.1) is 35.3 Å². The number of hydrogen-bond donors (Lipinski definition) is 2. The van der Waals surface area contributed by atoms with Crippen LogP contribution in [0.4, 0.5) is 0 Å². The number of carbonyl (C=O) groups is 1. The topological polar surface area (TPSA) is 111 Å². The number of aromatic nitrogens is 6. The Morgan fingerprint density at radius 1 is 1.20 bits per heavy atom. The summed E-state index contributed by atoms with van der Waals surface area (Å²) in [6, 6.07) is 7.25. The van der Waals surface area contributed by atoms with Crippen LogP contribution in [-0.4, -0.2) is 53.2 Å². The number of aliphatic hydroxyl groups excluding tert-OH is 1. The van der Waals surface area contributed by atoms with E-state index in [0.717, 1.165) is 22.2 Å². The molecule has 0 aliphatic carbocycles. The summed E-state index contributed by atoms with van der Waals surface area (Å²) in [5, 5.41) is 21.7. The van der Waals surface area contributed by atoms with E-state index < -0.39 is 0 Å². The van der Waals surface area contributed by atoms with Crippen molar-refractivity contribution in [3.8, 4) is 22.6 Å². The van der Waals surface area contributed by atoms with Crippen LogP contribution in [-0.2, 0) is 14.1 Å². The average Bonchev–Trinajstić information content (AvgIpc) is 3.30. The van der Waals surface area contributed by atoms with E-state index in [1.807, 2.05) is 43.9 Å². The van der Waals surface area contributed by atoms with Gasteiger partial charge in [-0.3, -0.25) is 14.2 Å². The Hall–Kier alpha value is -3.59. The quantitative estimate of drug-likeness (QED) is 0.524. The number of nitrogens with zero attached hydrogens (tertiary/aromatic N) is 6. The maximum atomic E-state index is 12.7. The smallest absolute Gasteiger partial charge is 0.270 e. The Labute approximate surface area is 173 Å². The second kappa shape index (κ2) is 7.68. The zero-order chi connectivity index (χ0) is 21.4. The summed E-state index contributed by atoms with van der Waals surface area (Å²) in [7, 11) is 3.71. The first-order chi connectivity index (χ1) is 14.4. The molecule has 1 atom stereocenters. The number of benzene rings is 1. The Kier molecular flexibility index (Phi) is 5.04. The Bertz CT molecular complexity index is 1240. The number of amides is 1. The third kappa shape index (κ3) is 3.67. The van der Waals surface area contributed by atoms with Crippen LogP contribution in [0.3, 0.4) is 0 Å². The molecule has 4 aromatic rings. The van der Waals surface area contributed by atoms with Gasteiger partial charge >= 0.3 is 0 Å². The first kappa shape index (κ1) is 19.7. The number of carbonyl (C=O) groups excluding carboxylic acids is 1. The van der Waals surface area contributed by atoms with Gasteiger partial charge in [-0.15, -0.1) is 0 Å². The second-order valence-electron chi connectivity index (χ2n) is 7.36. The summed E-state index contributed by atoms with van der Waals surface area (Å²) in [4.78, 5) is 21.8. The third-order valence-electron chi connectivity index (χ3n) is 4.91. The van der Waals surface area contributed by atoms with E-state index >= 15 is 0 Å². The lowest BCUT2D eigenvalue weighted by Crippen LogP contribution is -2.35. The van der Waals surface area contributed by atoms with Crippen molar-refractivity contribution in [2.24, 2.45) is 14.1 Å². The number of aliphatic hydroxyl groups is 1. The van der Waals surface area contributed by atoms with Gasteiger partial charge in [0.2, 0.25) is 0 Å². The van der Waals surface area contributed by atoms with Gasteiger partial charge in [0.1, 0.15) is 5.69 Å². The van der Waals surface area contributed by atoms with Crippen LogP contribution in [0.25, 0.3) is 33.5 Å². The minimum Gasteiger partial charge on any atom is -0.394 e. The van der Waals surface area contributed by atoms with Crippen LogP contribution in [0.1, 0.15) is 23.1 Å². The largest absolute Gasteiger partial charge is 0.394 e. The van der Waals surface area contributed by atoms with Crippen molar-refractivity contribution in [2.75, 3.05) is 6.61 Å². The summed E-state index contributed by atoms with van der Waals surface area (Å²) in [5.74, 6) is 0.0338. The summed E-state index contributed by atoms with van der Waals surface area (Å²) < 4.78 is 3.48. The molecule has 0 radical (unpaired) electrons. The summed E-state index contributed by atoms with van der Waals surface area (Å²) in [6.07, 6.45) is 3.45. The number of hydrogen-bond acceptors (Lipinski definition) is 6. The molecular formula is C21H23N7O2. The molecule has 9 nitrogen and oxygen atoms in total. The van der Waals surface area contributed by atoms with E-state index in [4.69, 9.17) is 0 Å². The first-order valence-corrected chi connectivity index (χ1v) is 9.59. The standard InChI is InChI=1S/C21H23N7O2/c1-12(11-29)23-21(30)18-8-17(24-20(25-18)15-9-22-27(3)10-15)14-5-6-16-13(2)26-28(4)19(16)7-14/h5-10,12,29H,11H2,1-4H3,(H,23,30)/t12-/m0/s1. The molecule has 3 aromatic heterocycles. The van der Waals surface area contributed by atoms with Gasteiger partial charge in [-0.25, -0.2) is 9.97 Å². The van der Waals surface area contributed by atoms with Gasteiger partial charge in [0, 0.05) is 37.3 Å². The van der Waals surface area contributed by atoms with Crippen LogP contribution in [0, 0.1) is 6.92 Å². The Balaban J connectivity index is 1.85. The average molecular weight is 405 g/mol. The van der Waals surface area contributed by atoms with Gasteiger partial charge in [0.25, 0.3) is 5.91 Å². The molecule has 9 heteroatoms. The number of fused-ring (bicyclic) bond motifs is 1. The molecule has 154 valence electrons. The molecule has 0 saturated carbocycles. The van der Waals surface area contributed by atoms with Crippen LogP contribution >= 0.6 is 0 Å². The van der Waals surface area contributed by atoms with Gasteiger partial charge in [-0.05, 0) is 26.0 Å². The maximum absolute atomic E-state index is 12.7. The van der Waals surface area contributed by atoms with Gasteiger partial charge in [-0.2, -0.15) is 10.2 Å². The molecule has 30 heavy (non-hydrogen) atoms. The molecular weight excluding hydrogens is 382 g/mol. The fourth-order valence-electron chi connectivity index (χ4n) is 3.32. The molecule has 0 aliphatic heterocycles. The van der Waals surface area contributed by atoms with Crippen molar-refractivity contribution >= 4 is 16.8 Å². The molecule has 2 N–H and O–H groups in total. The highest BCUT2D eigenvalue weighted by Gasteiger charge is 2.17. The molecule has 0 bridgehead atoms. The molecule has 0 unspecified atom stereocenters. The molecule has 0 fully saturated rings. The third-order valence-corrected chi connectivity index (χ3v) is 4.91. The minimum absolute atomic E-state index is 0.157. The molecule has 3 heterocycles. The summed E-state index contributed by atoms with van der Waals surface area (Å²) in [5.41, 5.74) is 4.33. The van der Waals surface area contributed by atoms with E-state index in [-0.39, 0.29) is 24.2 Å². The van der Waals surface area contributed by atoms with Crippen molar-refractivity contribution in [2.45, 2.75) is 19.9 Å². The zero-order valence-electron chi connectivity index (χ0n) is 17.3. The van der Waals surface area contributed by atoms with E-state index in [9.17, 15) is 9.90 Å². The number of nitrogens with one attached hydrogen (secondary N) is 1. The molecule has 1 aromatic carbocycles. The molecule has 0 saturated heterocycles. The first-order valence-electron chi connectivity index (χ1n) is 9.59. The van der Waals surface area contributed by atoms with E-state index in [1.165, 1.54) is 0 Å². The highest BCUT2D eigenvalue weighted by atomic mass is 16.3. The monoisotopic (exact) mass is 405 g/mol. The molecule has 4 rings (SSSR count). The van der Waals surface area contributed by atoms with Crippen LogP contribution in [0.15, 0.2) is 36.7 Å².